The Hall–Kier alpha value is -1.65. The van der Waals surface area contributed by atoms with Gasteiger partial charge >= 0.3 is 0 Å². The molecule has 4 heteroatoms. The molecule has 0 radical (unpaired) electrons. The maximum atomic E-state index is 5.90. The van der Waals surface area contributed by atoms with Crippen LogP contribution in [0.2, 0.25) is 0 Å². The van der Waals surface area contributed by atoms with Gasteiger partial charge in [-0.15, -0.1) is 0 Å². The van der Waals surface area contributed by atoms with E-state index >= 15 is 0 Å². The third kappa shape index (κ3) is 4.43. The summed E-state index contributed by atoms with van der Waals surface area (Å²) in [4.78, 5) is 9.49. The number of rotatable bonds is 6. The number of pyridine rings is 1. The van der Waals surface area contributed by atoms with E-state index in [1.807, 2.05) is 12.3 Å². The molecule has 4 nitrogen and oxygen atoms in total. The van der Waals surface area contributed by atoms with Gasteiger partial charge < -0.3 is 4.42 Å². The standard InChI is InChI=1S/C19H27N3O/c1-3-5-17-7-8-18(23-17)14-21-10-12-22(13-11-21)15-19-16(2)6-4-9-20-19/h4,6-9H,3,5,10-15H2,1-2H3. The molecule has 0 atom stereocenters. The molecule has 1 saturated heterocycles. The van der Waals surface area contributed by atoms with Crippen molar-refractivity contribution in [1.82, 2.24) is 14.8 Å². The van der Waals surface area contributed by atoms with E-state index in [1.54, 1.807) is 0 Å². The minimum atomic E-state index is 0.931. The molecule has 0 N–H and O–H groups in total. The molecule has 2 aromatic rings. The number of piperazine rings is 1. The van der Waals surface area contributed by atoms with E-state index < -0.39 is 0 Å². The van der Waals surface area contributed by atoms with Crippen LogP contribution in [0.3, 0.4) is 0 Å². The number of aromatic nitrogens is 1. The topological polar surface area (TPSA) is 32.5 Å². The van der Waals surface area contributed by atoms with Crippen LogP contribution in [0.1, 0.15) is 36.1 Å². The third-order valence-corrected chi connectivity index (χ3v) is 4.55. The normalized spacial score (nSPS) is 16.8. The first-order valence-corrected chi connectivity index (χ1v) is 8.67. The molecule has 1 aliphatic heterocycles. The molecule has 0 aromatic carbocycles. The van der Waals surface area contributed by atoms with Crippen molar-refractivity contribution in [3.8, 4) is 0 Å². The van der Waals surface area contributed by atoms with Crippen LogP contribution in [-0.2, 0) is 19.5 Å². The van der Waals surface area contributed by atoms with Crippen molar-refractivity contribution in [2.45, 2.75) is 39.8 Å². The highest BCUT2D eigenvalue weighted by Gasteiger charge is 2.19. The first-order chi connectivity index (χ1) is 11.2. The summed E-state index contributed by atoms with van der Waals surface area (Å²) in [6.45, 7) is 10.6. The van der Waals surface area contributed by atoms with Gasteiger partial charge in [-0.2, -0.15) is 0 Å². The zero-order chi connectivity index (χ0) is 16.1. The zero-order valence-corrected chi connectivity index (χ0v) is 14.3. The molecule has 1 aliphatic rings. The lowest BCUT2D eigenvalue weighted by molar-refractivity contribution is 0.114. The number of hydrogen-bond donors (Lipinski definition) is 0. The summed E-state index contributed by atoms with van der Waals surface area (Å²) in [7, 11) is 0. The molecule has 0 unspecified atom stereocenters. The maximum absolute atomic E-state index is 5.90. The first-order valence-electron chi connectivity index (χ1n) is 8.67. The van der Waals surface area contributed by atoms with E-state index in [-0.39, 0.29) is 0 Å². The fraction of sp³-hybridized carbons (Fsp3) is 0.526. The summed E-state index contributed by atoms with van der Waals surface area (Å²) in [5.41, 5.74) is 2.49. The maximum Gasteiger partial charge on any atom is 0.118 e. The van der Waals surface area contributed by atoms with Crippen molar-refractivity contribution < 1.29 is 4.42 Å². The van der Waals surface area contributed by atoms with E-state index in [0.717, 1.165) is 63.6 Å². The Morgan fingerprint density at radius 3 is 2.39 bits per heavy atom. The van der Waals surface area contributed by atoms with Crippen LogP contribution in [0.4, 0.5) is 0 Å². The Morgan fingerprint density at radius 1 is 1.00 bits per heavy atom. The molecule has 0 spiro atoms. The van der Waals surface area contributed by atoms with Crippen LogP contribution in [0.25, 0.3) is 0 Å². The highest BCUT2D eigenvalue weighted by Crippen LogP contribution is 2.15. The first kappa shape index (κ1) is 16.2. The highest BCUT2D eigenvalue weighted by atomic mass is 16.3. The Kier molecular flexibility index (Phi) is 5.47. The van der Waals surface area contributed by atoms with Crippen molar-refractivity contribution in [2.75, 3.05) is 26.2 Å². The fourth-order valence-electron chi connectivity index (χ4n) is 3.11. The molecule has 0 amide bonds. The smallest absolute Gasteiger partial charge is 0.118 e. The van der Waals surface area contributed by atoms with Crippen LogP contribution >= 0.6 is 0 Å². The van der Waals surface area contributed by atoms with Crippen molar-refractivity contribution in [1.29, 1.82) is 0 Å². The average molecular weight is 313 g/mol. The number of furan rings is 1. The van der Waals surface area contributed by atoms with Crippen molar-refractivity contribution in [2.24, 2.45) is 0 Å². The van der Waals surface area contributed by atoms with E-state index in [9.17, 15) is 0 Å². The van der Waals surface area contributed by atoms with Gasteiger partial charge in [-0.05, 0) is 37.1 Å². The third-order valence-electron chi connectivity index (χ3n) is 4.55. The Labute approximate surface area is 139 Å². The molecular formula is C19H27N3O. The SMILES string of the molecule is CCCc1ccc(CN2CCN(Cc3ncccc3C)CC2)o1. The van der Waals surface area contributed by atoms with E-state index in [4.69, 9.17) is 4.42 Å². The quantitative estimate of drug-likeness (QED) is 0.819. The molecule has 3 rings (SSSR count). The van der Waals surface area contributed by atoms with Crippen LogP contribution < -0.4 is 0 Å². The summed E-state index contributed by atoms with van der Waals surface area (Å²) in [5.74, 6) is 2.22. The van der Waals surface area contributed by atoms with E-state index in [2.05, 4.69) is 46.8 Å². The molecule has 3 heterocycles. The van der Waals surface area contributed by atoms with E-state index in [1.165, 1.54) is 11.3 Å². The van der Waals surface area contributed by atoms with E-state index in [0.29, 0.717) is 0 Å². The van der Waals surface area contributed by atoms with Gasteiger partial charge in [-0.25, -0.2) is 0 Å². The van der Waals surface area contributed by atoms with Crippen molar-refractivity contribution in [3.63, 3.8) is 0 Å². The largest absolute Gasteiger partial charge is 0.465 e. The summed E-state index contributed by atoms with van der Waals surface area (Å²) in [6, 6.07) is 8.41. The highest BCUT2D eigenvalue weighted by molar-refractivity contribution is 5.17. The molecule has 2 aromatic heterocycles. The predicted octanol–water partition coefficient (Wildman–Crippen LogP) is 3.25. The molecule has 23 heavy (non-hydrogen) atoms. The minimum Gasteiger partial charge on any atom is -0.465 e. The lowest BCUT2D eigenvalue weighted by Crippen LogP contribution is -2.45. The van der Waals surface area contributed by atoms with Gasteiger partial charge in [0.25, 0.3) is 0 Å². The van der Waals surface area contributed by atoms with Gasteiger partial charge in [0.2, 0.25) is 0 Å². The van der Waals surface area contributed by atoms with Gasteiger partial charge in [0.1, 0.15) is 11.5 Å². The molecule has 124 valence electrons. The monoisotopic (exact) mass is 313 g/mol. The molecule has 0 aliphatic carbocycles. The second kappa shape index (κ2) is 7.75. The lowest BCUT2D eigenvalue weighted by atomic mass is 10.2. The second-order valence-electron chi connectivity index (χ2n) is 6.44. The fourth-order valence-corrected chi connectivity index (χ4v) is 3.11. The predicted molar refractivity (Wildman–Crippen MR) is 92.2 cm³/mol. The van der Waals surface area contributed by atoms with Crippen LogP contribution in [-0.4, -0.2) is 41.0 Å². The minimum absolute atomic E-state index is 0.931. The molecule has 0 saturated carbocycles. The molecular weight excluding hydrogens is 286 g/mol. The number of aryl methyl sites for hydroxylation is 2. The van der Waals surface area contributed by atoms with Gasteiger partial charge in [0.05, 0.1) is 12.2 Å². The average Bonchev–Trinajstić information content (AvgIpc) is 2.99. The number of nitrogens with zero attached hydrogens (tertiary/aromatic N) is 3. The van der Waals surface area contributed by atoms with Crippen molar-refractivity contribution in [3.05, 3.63) is 53.2 Å². The molecule has 1 fully saturated rings. The Morgan fingerprint density at radius 2 is 1.70 bits per heavy atom. The summed E-state index contributed by atoms with van der Waals surface area (Å²) < 4.78 is 5.90. The summed E-state index contributed by atoms with van der Waals surface area (Å²) >= 11 is 0. The lowest BCUT2D eigenvalue weighted by Gasteiger charge is -2.34. The Balaban J connectivity index is 1.47. The van der Waals surface area contributed by atoms with Crippen molar-refractivity contribution >= 4 is 0 Å². The summed E-state index contributed by atoms with van der Waals surface area (Å²) in [6.07, 6.45) is 4.07. The van der Waals surface area contributed by atoms with Gasteiger partial charge in [-0.3, -0.25) is 14.8 Å². The van der Waals surface area contributed by atoms with Crippen LogP contribution in [0.15, 0.2) is 34.9 Å². The van der Waals surface area contributed by atoms with Crippen LogP contribution in [0, 0.1) is 6.92 Å². The van der Waals surface area contributed by atoms with Gasteiger partial charge in [0.15, 0.2) is 0 Å². The summed E-state index contributed by atoms with van der Waals surface area (Å²) in [5, 5.41) is 0. The second-order valence-corrected chi connectivity index (χ2v) is 6.44. The Bertz CT molecular complexity index is 615. The number of hydrogen-bond acceptors (Lipinski definition) is 4. The van der Waals surface area contributed by atoms with Gasteiger partial charge in [0, 0.05) is 45.3 Å². The zero-order valence-electron chi connectivity index (χ0n) is 14.3. The molecule has 0 bridgehead atoms. The van der Waals surface area contributed by atoms with Gasteiger partial charge in [-0.1, -0.05) is 13.0 Å². The van der Waals surface area contributed by atoms with Crippen LogP contribution in [0.5, 0.6) is 0 Å².